The number of aliphatic carboxylic acids is 2. The van der Waals surface area contributed by atoms with Crippen molar-refractivity contribution in [1.82, 2.24) is 0 Å². The van der Waals surface area contributed by atoms with E-state index in [1.165, 1.54) is 0 Å². The number of alkyl halides is 13. The van der Waals surface area contributed by atoms with Crippen LogP contribution < -0.4 is 16.6 Å². The molecule has 0 heterocycles. The van der Waals surface area contributed by atoms with E-state index in [0.717, 1.165) is 19.4 Å². The third kappa shape index (κ3) is 10.1. The first-order valence-corrected chi connectivity index (χ1v) is 10.8. The van der Waals surface area contributed by atoms with Crippen LogP contribution in [0.25, 0.3) is 0 Å². The lowest BCUT2D eigenvalue weighted by Gasteiger charge is -2.39. The van der Waals surface area contributed by atoms with Crippen molar-refractivity contribution >= 4 is 17.9 Å². The predicted octanol–water partition coefficient (Wildman–Crippen LogP) is 2.39. The van der Waals surface area contributed by atoms with Gasteiger partial charge in [-0.3, -0.25) is 9.59 Å². The summed E-state index contributed by atoms with van der Waals surface area (Å²) in [7, 11) is 0. The second-order valence-corrected chi connectivity index (χ2v) is 7.99. The van der Waals surface area contributed by atoms with Gasteiger partial charge in [0, 0.05) is 12.4 Å². The lowest BCUT2D eigenvalue weighted by Crippen LogP contribution is -2.70. The second kappa shape index (κ2) is 14.9. The van der Waals surface area contributed by atoms with Crippen molar-refractivity contribution in [3.8, 4) is 0 Å². The van der Waals surface area contributed by atoms with Crippen LogP contribution in [0.2, 0.25) is 0 Å². The van der Waals surface area contributed by atoms with Gasteiger partial charge in [0.05, 0.1) is 19.6 Å². The molecule has 0 fully saturated rings. The maximum Gasteiger partial charge on any atom is 0.460 e. The molecule has 0 spiro atoms. The lowest BCUT2D eigenvalue weighted by molar-refractivity contribution is -0.440. The molecule has 0 aromatic carbocycles. The molecule has 0 unspecified atom stereocenters. The van der Waals surface area contributed by atoms with Crippen molar-refractivity contribution in [1.29, 1.82) is 0 Å². The molecule has 238 valence electrons. The number of carboxylic acids is 2. The van der Waals surface area contributed by atoms with Crippen LogP contribution in [0, 0.1) is 0 Å². The average Bonchev–Trinajstić information content (AvgIpc) is 2.77. The van der Waals surface area contributed by atoms with Gasteiger partial charge in [-0.25, -0.2) is 0 Å². The number of carbonyl (C=O) groups is 3. The number of carbonyl (C=O) groups excluding carboxylic acids is 2. The second-order valence-electron chi connectivity index (χ2n) is 7.99. The number of unbranched alkanes of at least 4 members (excludes halogenated alkanes) is 1. The summed E-state index contributed by atoms with van der Waals surface area (Å²) in [6.45, 7) is -1.02. The Labute approximate surface area is 216 Å². The fourth-order valence-electron chi connectivity index (χ4n) is 2.37. The molecule has 0 rings (SSSR count). The van der Waals surface area contributed by atoms with Crippen molar-refractivity contribution in [3.63, 3.8) is 0 Å². The van der Waals surface area contributed by atoms with Crippen LogP contribution in [0.3, 0.4) is 0 Å². The molecule has 8 nitrogen and oxygen atoms in total. The van der Waals surface area contributed by atoms with Gasteiger partial charge in [0.2, 0.25) is 0 Å². The molecule has 0 saturated carbocycles. The Hall–Kier alpha value is -2.58. The van der Waals surface area contributed by atoms with Crippen LogP contribution in [0.4, 0.5) is 57.1 Å². The van der Waals surface area contributed by atoms with E-state index in [0.29, 0.717) is 6.42 Å². The van der Waals surface area contributed by atoms with E-state index in [2.05, 4.69) is 10.5 Å². The molecule has 1 atom stereocenters. The van der Waals surface area contributed by atoms with Crippen molar-refractivity contribution in [2.45, 2.75) is 86.8 Å². The number of carboxylic acid groups (broad SMARTS) is 2. The van der Waals surface area contributed by atoms with E-state index in [1.54, 1.807) is 0 Å². The number of esters is 1. The molecule has 0 aliphatic heterocycles. The normalized spacial score (nSPS) is 14.2. The fourth-order valence-corrected chi connectivity index (χ4v) is 2.37. The Bertz CT molecular complexity index is 838. The molecule has 0 radical (unpaired) electrons. The monoisotopic (exact) mass is 624 g/mol. The topological polar surface area (TPSA) is 157 Å². The van der Waals surface area contributed by atoms with E-state index >= 15 is 0 Å². The van der Waals surface area contributed by atoms with Gasteiger partial charge in [-0.15, -0.1) is 0 Å². The predicted molar refractivity (Wildman–Crippen MR) is 102 cm³/mol. The van der Waals surface area contributed by atoms with Gasteiger partial charge in [0.1, 0.15) is 6.04 Å². The first-order chi connectivity index (χ1) is 17.7. The molecule has 0 bridgehead atoms. The fraction of sp³-hybridized carbons (Fsp3) is 0.842. The summed E-state index contributed by atoms with van der Waals surface area (Å²) in [5.74, 6) is -41.6. The van der Waals surface area contributed by atoms with E-state index in [1.807, 2.05) is 0 Å². The number of nitrogens with two attached hydrogens (primary N) is 1. The largest absolute Gasteiger partial charge is 0.550 e. The summed E-state index contributed by atoms with van der Waals surface area (Å²) < 4.78 is 170. The van der Waals surface area contributed by atoms with Gasteiger partial charge in [-0.05, 0) is 32.1 Å². The van der Waals surface area contributed by atoms with E-state index in [4.69, 9.17) is 10.8 Å². The first kappa shape index (κ1) is 39.6. The number of hydrogen-bond donors (Lipinski definition) is 3. The van der Waals surface area contributed by atoms with Gasteiger partial charge in [0.25, 0.3) is 0 Å². The first-order valence-electron chi connectivity index (χ1n) is 10.8. The number of hydrogen-bond acceptors (Lipinski definition) is 6. The zero-order valence-corrected chi connectivity index (χ0v) is 20.1. The summed E-state index contributed by atoms with van der Waals surface area (Å²) in [6, 6.07) is -0.688. The van der Waals surface area contributed by atoms with Crippen LogP contribution in [0.5, 0.6) is 0 Å². The van der Waals surface area contributed by atoms with Crippen LogP contribution >= 0.6 is 0 Å². The minimum atomic E-state index is -7.99. The number of rotatable bonds is 16. The Balaban J connectivity index is 0. The molecule has 0 saturated heterocycles. The number of quaternary nitrogens is 1. The van der Waals surface area contributed by atoms with Gasteiger partial charge < -0.3 is 31.2 Å². The molecule has 0 amide bonds. The average molecular weight is 624 g/mol. The smallest absolute Gasteiger partial charge is 0.460 e. The highest BCUT2D eigenvalue weighted by Gasteiger charge is 2.90. The number of ether oxygens (including phenoxy) is 1. The zero-order valence-electron chi connectivity index (χ0n) is 20.1. The van der Waals surface area contributed by atoms with Gasteiger partial charge in [-0.2, -0.15) is 57.1 Å². The van der Waals surface area contributed by atoms with Crippen LogP contribution in [-0.4, -0.2) is 78.0 Å². The quantitative estimate of drug-likeness (QED) is 0.135. The van der Waals surface area contributed by atoms with E-state index in [9.17, 15) is 76.6 Å². The third-order valence-corrected chi connectivity index (χ3v) is 4.77. The summed E-state index contributed by atoms with van der Waals surface area (Å²) in [5, 5.41) is 18.4. The number of halogens is 13. The van der Waals surface area contributed by atoms with Gasteiger partial charge >= 0.3 is 47.7 Å². The van der Waals surface area contributed by atoms with E-state index in [-0.39, 0.29) is 0 Å². The molecule has 0 aromatic rings. The van der Waals surface area contributed by atoms with Crippen LogP contribution in [-0.2, 0) is 19.1 Å². The molecule has 21 heteroatoms. The lowest BCUT2D eigenvalue weighted by atomic mass is 9.93. The maximum absolute atomic E-state index is 13.4. The third-order valence-electron chi connectivity index (χ3n) is 4.77. The van der Waals surface area contributed by atoms with Crippen LogP contribution in [0.1, 0.15) is 44.9 Å². The maximum atomic E-state index is 13.4. The van der Waals surface area contributed by atoms with Crippen molar-refractivity contribution in [2.75, 3.05) is 13.2 Å². The Kier molecular flexibility index (Phi) is 14.7. The molecule has 6 N–H and O–H groups in total. The Morgan fingerprint density at radius 2 is 1.25 bits per heavy atom. The van der Waals surface area contributed by atoms with E-state index < -0.39 is 92.0 Å². The minimum Gasteiger partial charge on any atom is -0.550 e. The molecule has 0 aliphatic carbocycles. The summed E-state index contributed by atoms with van der Waals surface area (Å²) in [4.78, 5) is 31.2. The Morgan fingerprint density at radius 1 is 0.775 bits per heavy atom. The molecular weight excluding hydrogens is 599 g/mol. The van der Waals surface area contributed by atoms with Crippen molar-refractivity contribution in [3.05, 3.63) is 0 Å². The van der Waals surface area contributed by atoms with Gasteiger partial charge in [-0.1, -0.05) is 0 Å². The van der Waals surface area contributed by atoms with Crippen LogP contribution in [0.15, 0.2) is 0 Å². The minimum absolute atomic E-state index is 0.482. The Morgan fingerprint density at radius 3 is 1.65 bits per heavy atom. The zero-order chi connectivity index (χ0) is 32.4. The van der Waals surface area contributed by atoms with Gasteiger partial charge in [0.15, 0.2) is 0 Å². The molecule has 0 aliphatic rings. The highest BCUT2D eigenvalue weighted by molar-refractivity contribution is 5.73. The van der Waals surface area contributed by atoms with Crippen molar-refractivity contribution < 1.29 is 92.1 Å². The highest BCUT2D eigenvalue weighted by Crippen LogP contribution is 2.60. The summed E-state index contributed by atoms with van der Waals surface area (Å²) in [5.41, 5.74) is 8.88. The standard InChI is InChI=1S/C13H11F13O4.C6H14N2O2/c14-8(15,4-5-30-7(29)3-1-2-6(27)28)9(16,17)10(18,19)11(20,21)12(22,23)13(24,25)26;7-4-2-1-3-5(8)6(9)10/h1-5H2,(H,27,28);5H,1-4,7-8H2,(H,9,10)/t;5-/m.0/s1. The molecule has 0 aromatic heterocycles. The summed E-state index contributed by atoms with van der Waals surface area (Å²) in [6.07, 6.45) is -9.80. The molecule has 40 heavy (non-hydrogen) atoms. The van der Waals surface area contributed by atoms with Crippen molar-refractivity contribution in [2.24, 2.45) is 5.73 Å². The summed E-state index contributed by atoms with van der Waals surface area (Å²) >= 11 is 0. The molecular formula is C19H25F13N2O6. The highest BCUT2D eigenvalue weighted by atomic mass is 19.4. The SMILES string of the molecule is N[C@@H](CCCC[NH3+])C(=O)O.O=C([O-])CCCC(=O)OCCC(F)(F)C(F)(F)C(F)(F)C(F)(F)C(F)(F)C(F)(F)F.